The van der Waals surface area contributed by atoms with Gasteiger partial charge in [0.05, 0.1) is 7.11 Å². The van der Waals surface area contributed by atoms with E-state index in [9.17, 15) is 0 Å². The van der Waals surface area contributed by atoms with Crippen LogP contribution < -0.4 is 9.47 Å². The summed E-state index contributed by atoms with van der Waals surface area (Å²) in [5, 5.41) is 0.681. The molecule has 0 N–H and O–H groups in total. The van der Waals surface area contributed by atoms with Crippen LogP contribution in [0, 0.1) is 6.92 Å². The minimum atomic E-state index is 0.408. The van der Waals surface area contributed by atoms with Crippen LogP contribution in [0.2, 0.25) is 5.02 Å². The van der Waals surface area contributed by atoms with Gasteiger partial charge in [0.25, 0.3) is 0 Å². The first-order chi connectivity index (χ1) is 9.10. The van der Waals surface area contributed by atoms with Gasteiger partial charge in [-0.05, 0) is 36.8 Å². The molecule has 0 heterocycles. The molecule has 4 heteroatoms. The molecular formula is C15H14BrClO2. The maximum atomic E-state index is 6.15. The third-order valence-electron chi connectivity index (χ3n) is 2.72. The first-order valence-electron chi connectivity index (χ1n) is 5.81. The van der Waals surface area contributed by atoms with Crippen molar-refractivity contribution in [2.45, 2.75) is 13.5 Å². The zero-order valence-corrected chi connectivity index (χ0v) is 13.1. The summed E-state index contributed by atoms with van der Waals surface area (Å²) in [6.45, 7) is 2.42. The molecule has 0 bridgehead atoms. The lowest BCUT2D eigenvalue weighted by Crippen LogP contribution is -1.98. The summed E-state index contributed by atoms with van der Waals surface area (Å²) in [5.41, 5.74) is 2.07. The van der Waals surface area contributed by atoms with E-state index in [0.717, 1.165) is 21.3 Å². The van der Waals surface area contributed by atoms with Gasteiger partial charge in [-0.1, -0.05) is 39.7 Å². The molecule has 2 aromatic carbocycles. The molecule has 0 spiro atoms. The zero-order valence-electron chi connectivity index (χ0n) is 10.7. The molecule has 0 saturated carbocycles. The summed E-state index contributed by atoms with van der Waals surface area (Å²) in [4.78, 5) is 0. The third kappa shape index (κ3) is 3.64. The van der Waals surface area contributed by atoms with Crippen LogP contribution in [-0.4, -0.2) is 7.11 Å². The van der Waals surface area contributed by atoms with Crippen molar-refractivity contribution in [3.05, 3.63) is 57.0 Å². The fourth-order valence-electron chi connectivity index (χ4n) is 1.69. The third-order valence-corrected chi connectivity index (χ3v) is 3.56. The number of hydrogen-bond acceptors (Lipinski definition) is 2. The van der Waals surface area contributed by atoms with Crippen molar-refractivity contribution in [3.8, 4) is 11.5 Å². The number of methoxy groups -OCH3 is 1. The van der Waals surface area contributed by atoms with E-state index in [1.54, 1.807) is 7.11 Å². The second-order valence-electron chi connectivity index (χ2n) is 4.18. The highest BCUT2D eigenvalue weighted by atomic mass is 79.9. The van der Waals surface area contributed by atoms with Crippen LogP contribution in [0.25, 0.3) is 0 Å². The minimum absolute atomic E-state index is 0.408. The highest BCUT2D eigenvalue weighted by Crippen LogP contribution is 2.29. The van der Waals surface area contributed by atoms with Crippen molar-refractivity contribution in [1.29, 1.82) is 0 Å². The first-order valence-corrected chi connectivity index (χ1v) is 6.98. The van der Waals surface area contributed by atoms with Crippen LogP contribution in [0.1, 0.15) is 11.1 Å². The van der Waals surface area contributed by atoms with Gasteiger partial charge < -0.3 is 9.47 Å². The highest BCUT2D eigenvalue weighted by Gasteiger charge is 2.06. The Balaban J connectivity index is 2.14. The van der Waals surface area contributed by atoms with Crippen LogP contribution in [0.3, 0.4) is 0 Å². The second-order valence-corrected chi connectivity index (χ2v) is 5.50. The number of ether oxygens (including phenoxy) is 2. The zero-order chi connectivity index (χ0) is 13.8. The molecule has 2 nitrogen and oxygen atoms in total. The summed E-state index contributed by atoms with van der Waals surface area (Å²) in [5.74, 6) is 1.44. The molecule has 0 atom stereocenters. The molecule has 0 amide bonds. The summed E-state index contributed by atoms with van der Waals surface area (Å²) in [6.07, 6.45) is 0. The molecule has 0 unspecified atom stereocenters. The largest absolute Gasteiger partial charge is 0.493 e. The quantitative estimate of drug-likeness (QED) is 0.779. The van der Waals surface area contributed by atoms with Gasteiger partial charge in [-0.25, -0.2) is 0 Å². The molecule has 0 saturated heterocycles. The van der Waals surface area contributed by atoms with E-state index < -0.39 is 0 Å². The first kappa shape index (κ1) is 14.2. The summed E-state index contributed by atoms with van der Waals surface area (Å²) >= 11 is 9.53. The van der Waals surface area contributed by atoms with Crippen LogP contribution in [0.5, 0.6) is 11.5 Å². The maximum Gasteiger partial charge on any atom is 0.161 e. The van der Waals surface area contributed by atoms with Gasteiger partial charge in [0, 0.05) is 15.1 Å². The Morgan fingerprint density at radius 1 is 1.11 bits per heavy atom. The van der Waals surface area contributed by atoms with Crippen LogP contribution in [0.15, 0.2) is 40.9 Å². The van der Waals surface area contributed by atoms with E-state index >= 15 is 0 Å². The lowest BCUT2D eigenvalue weighted by atomic mass is 10.2. The molecule has 100 valence electrons. The molecule has 0 fully saturated rings. The Bertz CT molecular complexity index is 584. The van der Waals surface area contributed by atoms with E-state index in [2.05, 4.69) is 15.9 Å². The predicted molar refractivity (Wildman–Crippen MR) is 81.2 cm³/mol. The van der Waals surface area contributed by atoms with Crippen molar-refractivity contribution in [3.63, 3.8) is 0 Å². The van der Waals surface area contributed by atoms with Crippen LogP contribution >= 0.6 is 27.5 Å². The van der Waals surface area contributed by atoms with Crippen molar-refractivity contribution < 1.29 is 9.47 Å². The fourth-order valence-corrected chi connectivity index (χ4v) is 2.42. The average Bonchev–Trinajstić information content (AvgIpc) is 2.39. The van der Waals surface area contributed by atoms with E-state index in [-0.39, 0.29) is 0 Å². The molecule has 0 aliphatic rings. The summed E-state index contributed by atoms with van der Waals surface area (Å²) < 4.78 is 12.0. The highest BCUT2D eigenvalue weighted by molar-refractivity contribution is 9.10. The normalized spacial score (nSPS) is 10.3. The maximum absolute atomic E-state index is 6.15. The Kier molecular flexibility index (Phi) is 4.72. The lowest BCUT2D eigenvalue weighted by Gasteiger charge is -2.12. The lowest BCUT2D eigenvalue weighted by molar-refractivity contribution is 0.284. The fraction of sp³-hybridized carbons (Fsp3) is 0.200. The topological polar surface area (TPSA) is 18.5 Å². The molecule has 2 rings (SSSR count). The second kappa shape index (κ2) is 6.31. The standard InChI is InChI=1S/C15H14BrClO2/c1-10-3-6-14(15(7-10)18-2)19-9-11-4-5-12(16)8-13(11)17/h3-8H,9H2,1-2H3. The molecular weight excluding hydrogens is 328 g/mol. The number of rotatable bonds is 4. The van der Waals surface area contributed by atoms with Gasteiger partial charge in [0.1, 0.15) is 6.61 Å². The van der Waals surface area contributed by atoms with E-state index in [1.165, 1.54) is 0 Å². The van der Waals surface area contributed by atoms with Crippen molar-refractivity contribution in [2.75, 3.05) is 7.11 Å². The smallest absolute Gasteiger partial charge is 0.161 e. The van der Waals surface area contributed by atoms with Gasteiger partial charge >= 0.3 is 0 Å². The van der Waals surface area contributed by atoms with E-state index in [0.29, 0.717) is 17.4 Å². The molecule has 0 aliphatic heterocycles. The molecule has 0 radical (unpaired) electrons. The van der Waals surface area contributed by atoms with Crippen molar-refractivity contribution in [1.82, 2.24) is 0 Å². The number of benzene rings is 2. The minimum Gasteiger partial charge on any atom is -0.493 e. The van der Waals surface area contributed by atoms with Gasteiger partial charge in [-0.15, -0.1) is 0 Å². The Hall–Kier alpha value is -1.19. The Morgan fingerprint density at radius 3 is 2.58 bits per heavy atom. The molecule has 19 heavy (non-hydrogen) atoms. The Labute approximate surface area is 126 Å². The van der Waals surface area contributed by atoms with Crippen molar-refractivity contribution >= 4 is 27.5 Å². The average molecular weight is 342 g/mol. The van der Waals surface area contributed by atoms with Gasteiger partial charge in [0.15, 0.2) is 11.5 Å². The predicted octanol–water partition coefficient (Wildman–Crippen LogP) is 5.00. The van der Waals surface area contributed by atoms with Crippen LogP contribution in [-0.2, 0) is 6.61 Å². The SMILES string of the molecule is COc1cc(C)ccc1OCc1ccc(Br)cc1Cl. The van der Waals surface area contributed by atoms with Crippen LogP contribution in [0.4, 0.5) is 0 Å². The van der Waals surface area contributed by atoms with E-state index in [4.69, 9.17) is 21.1 Å². The molecule has 2 aromatic rings. The molecule has 0 aliphatic carbocycles. The number of halogens is 2. The number of hydrogen-bond donors (Lipinski definition) is 0. The number of aryl methyl sites for hydroxylation is 1. The summed E-state index contributed by atoms with van der Waals surface area (Å²) in [6, 6.07) is 11.6. The Morgan fingerprint density at radius 2 is 1.89 bits per heavy atom. The van der Waals surface area contributed by atoms with Gasteiger partial charge in [-0.3, -0.25) is 0 Å². The van der Waals surface area contributed by atoms with Gasteiger partial charge in [-0.2, -0.15) is 0 Å². The van der Waals surface area contributed by atoms with E-state index in [1.807, 2.05) is 43.3 Å². The van der Waals surface area contributed by atoms with Crippen molar-refractivity contribution in [2.24, 2.45) is 0 Å². The monoisotopic (exact) mass is 340 g/mol. The summed E-state index contributed by atoms with van der Waals surface area (Å²) in [7, 11) is 1.63. The molecule has 0 aromatic heterocycles. The van der Waals surface area contributed by atoms with Gasteiger partial charge in [0.2, 0.25) is 0 Å².